The second-order valence-electron chi connectivity index (χ2n) is 15.6. The van der Waals surface area contributed by atoms with Crippen LogP contribution in [0.25, 0.3) is 0 Å². The van der Waals surface area contributed by atoms with Crippen molar-refractivity contribution in [2.75, 3.05) is 25.2 Å². The Bertz CT molecular complexity index is 1020. The summed E-state index contributed by atoms with van der Waals surface area (Å²) in [6, 6.07) is 0. The smallest absolute Gasteiger partial charge is 0.312 e. The highest BCUT2D eigenvalue weighted by Gasteiger charge is 2.72. The molecule has 0 bridgehead atoms. The Balaban J connectivity index is 1.53. The highest BCUT2D eigenvalue weighted by atomic mass is 32.2. The summed E-state index contributed by atoms with van der Waals surface area (Å²) < 4.78 is 5.52. The van der Waals surface area contributed by atoms with Crippen LogP contribution in [0.15, 0.2) is 12.2 Å². The first-order valence-corrected chi connectivity index (χ1v) is 16.9. The van der Waals surface area contributed by atoms with Crippen molar-refractivity contribution < 1.29 is 19.4 Å². The lowest BCUT2D eigenvalue weighted by Crippen LogP contribution is -2.67. The van der Waals surface area contributed by atoms with Crippen LogP contribution in [-0.2, 0) is 14.3 Å². The number of carbonyl (C=O) groups excluding carboxylic acids is 2. The molecule has 10 atom stereocenters. The van der Waals surface area contributed by atoms with Gasteiger partial charge in [0.15, 0.2) is 0 Å². The van der Waals surface area contributed by atoms with E-state index >= 15 is 0 Å². The lowest BCUT2D eigenvalue weighted by atomic mass is 9.32. The number of aliphatic hydroxyl groups excluding tert-OH is 1. The monoisotopic (exact) mass is 558 g/mol. The van der Waals surface area contributed by atoms with Gasteiger partial charge in [-0.15, -0.1) is 0 Å². The van der Waals surface area contributed by atoms with Gasteiger partial charge >= 0.3 is 5.97 Å². The third-order valence-electron chi connectivity index (χ3n) is 14.0. The molecule has 0 spiro atoms. The Morgan fingerprint density at radius 2 is 1.72 bits per heavy atom. The Morgan fingerprint density at radius 3 is 2.36 bits per heavy atom. The van der Waals surface area contributed by atoms with Crippen molar-refractivity contribution in [2.24, 2.45) is 62.6 Å². The zero-order valence-corrected chi connectivity index (χ0v) is 26.6. The largest absolute Gasteiger partial charge is 0.469 e. The SMILES string of the molecule is C=C(C)[C@@H]1CC[C@]2(C(=O)OC)CC[C@]3(C)[C@H](CC[C@@H]4[C@@]5(C)C[C@@H](CSCCO)C(=O)C(C)(C)[C@@H]5CC[C@]43C)[C@@H]12. The molecular formula is C34H54O4S. The van der Waals surface area contributed by atoms with Crippen LogP contribution in [0.5, 0.6) is 0 Å². The number of carbonyl (C=O) groups is 2. The predicted molar refractivity (Wildman–Crippen MR) is 159 cm³/mol. The molecule has 220 valence electrons. The zero-order valence-electron chi connectivity index (χ0n) is 25.7. The summed E-state index contributed by atoms with van der Waals surface area (Å²) in [7, 11) is 1.58. The number of esters is 1. The standard InChI is InChI=1S/C34H54O4S/c1-21(2)23-11-14-34(29(37)38-8)16-15-32(6)24(27(23)34)9-10-26-31(5)19-22(20-39-18-17-35)28(36)30(3,4)25(31)12-13-33(26,32)7/h22-27,35H,1,9-20H2,2-8H3/t22-,23-,24+,25-,26+,27+,31-,32+,33+,34-/m0/s1. The molecule has 0 unspecified atom stereocenters. The van der Waals surface area contributed by atoms with Crippen molar-refractivity contribution in [3.8, 4) is 0 Å². The van der Waals surface area contributed by atoms with Gasteiger partial charge in [-0.1, -0.05) is 46.8 Å². The van der Waals surface area contributed by atoms with Crippen molar-refractivity contribution in [1.29, 1.82) is 0 Å². The fourth-order valence-corrected chi connectivity index (χ4v) is 13.1. The number of ketones is 1. The Labute approximate surface area is 241 Å². The van der Waals surface area contributed by atoms with E-state index in [9.17, 15) is 14.7 Å². The summed E-state index contributed by atoms with van der Waals surface area (Å²) in [6.07, 6.45) is 9.70. The number of thioether (sulfide) groups is 1. The van der Waals surface area contributed by atoms with Crippen molar-refractivity contribution in [1.82, 2.24) is 0 Å². The number of rotatable bonds is 6. The van der Waals surface area contributed by atoms with E-state index in [4.69, 9.17) is 4.74 Å². The fraction of sp³-hybridized carbons (Fsp3) is 0.882. The minimum absolute atomic E-state index is 0.0250. The van der Waals surface area contributed by atoms with E-state index in [1.807, 2.05) is 0 Å². The normalized spacial score (nSPS) is 48.4. The van der Waals surface area contributed by atoms with E-state index in [-0.39, 0.29) is 45.6 Å². The number of allylic oxidation sites excluding steroid dienone is 1. The van der Waals surface area contributed by atoms with E-state index in [1.54, 1.807) is 18.9 Å². The summed E-state index contributed by atoms with van der Waals surface area (Å²) in [6.45, 7) is 19.0. The number of hydrogen-bond acceptors (Lipinski definition) is 5. The second-order valence-corrected chi connectivity index (χ2v) is 16.8. The van der Waals surface area contributed by atoms with Gasteiger partial charge in [0.1, 0.15) is 5.78 Å². The number of hydrogen-bond donors (Lipinski definition) is 1. The molecule has 5 heteroatoms. The maximum atomic E-state index is 13.8. The summed E-state index contributed by atoms with van der Waals surface area (Å²) >= 11 is 1.74. The van der Waals surface area contributed by atoms with Crippen molar-refractivity contribution in [3.05, 3.63) is 12.2 Å². The molecule has 0 aromatic rings. The average Bonchev–Trinajstić information content (AvgIpc) is 3.28. The summed E-state index contributed by atoms with van der Waals surface area (Å²) in [5.41, 5.74) is 1.07. The van der Waals surface area contributed by atoms with Gasteiger partial charge in [-0.3, -0.25) is 9.59 Å². The first kappa shape index (κ1) is 29.7. The molecule has 5 aliphatic rings. The molecule has 0 radical (unpaired) electrons. The van der Waals surface area contributed by atoms with Gasteiger partial charge in [0.2, 0.25) is 0 Å². The van der Waals surface area contributed by atoms with Gasteiger partial charge < -0.3 is 9.84 Å². The van der Waals surface area contributed by atoms with Crippen LogP contribution < -0.4 is 0 Å². The molecule has 5 saturated carbocycles. The van der Waals surface area contributed by atoms with Gasteiger partial charge in [-0.2, -0.15) is 11.8 Å². The van der Waals surface area contributed by atoms with Gasteiger partial charge in [-0.25, -0.2) is 0 Å². The summed E-state index contributed by atoms with van der Waals surface area (Å²) in [5.74, 6) is 4.33. The van der Waals surface area contributed by atoms with Gasteiger partial charge in [0.05, 0.1) is 19.1 Å². The molecular weight excluding hydrogens is 504 g/mol. The Kier molecular flexibility index (Phi) is 7.52. The molecule has 0 aliphatic heterocycles. The maximum Gasteiger partial charge on any atom is 0.312 e. The number of Topliss-reactive ketones (excluding diaryl/α,β-unsaturated/α-hetero) is 1. The van der Waals surface area contributed by atoms with Crippen LogP contribution in [-0.4, -0.2) is 42.1 Å². The topological polar surface area (TPSA) is 63.6 Å². The molecule has 39 heavy (non-hydrogen) atoms. The minimum Gasteiger partial charge on any atom is -0.469 e. The maximum absolute atomic E-state index is 13.8. The molecule has 5 fully saturated rings. The van der Waals surface area contributed by atoms with Gasteiger partial charge in [0.25, 0.3) is 0 Å². The second kappa shape index (κ2) is 9.89. The lowest BCUT2D eigenvalue weighted by molar-refractivity contribution is -0.238. The Morgan fingerprint density at radius 1 is 1.00 bits per heavy atom. The van der Waals surface area contributed by atoms with Crippen LogP contribution in [0.4, 0.5) is 0 Å². The van der Waals surface area contributed by atoms with Crippen LogP contribution in [0.1, 0.15) is 99.3 Å². The first-order chi connectivity index (χ1) is 18.2. The number of fused-ring (bicyclic) bond motifs is 7. The minimum atomic E-state index is -0.346. The van der Waals surface area contributed by atoms with Crippen LogP contribution in [0, 0.1) is 62.6 Å². The van der Waals surface area contributed by atoms with Crippen molar-refractivity contribution >= 4 is 23.5 Å². The van der Waals surface area contributed by atoms with Crippen LogP contribution in [0.2, 0.25) is 0 Å². The predicted octanol–water partition coefficient (Wildman–Crippen LogP) is 7.34. The highest BCUT2D eigenvalue weighted by Crippen LogP contribution is 2.77. The molecule has 0 heterocycles. The van der Waals surface area contributed by atoms with Crippen molar-refractivity contribution in [3.63, 3.8) is 0 Å². The molecule has 1 N–H and O–H groups in total. The van der Waals surface area contributed by atoms with E-state index in [0.717, 1.165) is 44.3 Å². The number of ether oxygens (including phenoxy) is 1. The van der Waals surface area contributed by atoms with E-state index in [2.05, 4.69) is 48.1 Å². The molecule has 5 aliphatic carbocycles. The number of methoxy groups -OCH3 is 1. The highest BCUT2D eigenvalue weighted by molar-refractivity contribution is 7.99. The number of aliphatic hydroxyl groups is 1. The fourth-order valence-electron chi connectivity index (χ4n) is 12.3. The molecule has 0 aromatic heterocycles. The summed E-state index contributed by atoms with van der Waals surface area (Å²) in [4.78, 5) is 27.3. The Hall–Kier alpha value is -0.810. The van der Waals surface area contributed by atoms with E-state index < -0.39 is 0 Å². The lowest BCUT2D eigenvalue weighted by Gasteiger charge is -2.72. The first-order valence-electron chi connectivity index (χ1n) is 15.7. The van der Waals surface area contributed by atoms with E-state index in [0.29, 0.717) is 41.1 Å². The third kappa shape index (κ3) is 3.93. The molecule has 4 nitrogen and oxygen atoms in total. The molecule has 0 amide bonds. The summed E-state index contributed by atoms with van der Waals surface area (Å²) in [5, 5.41) is 9.37. The zero-order chi connectivity index (χ0) is 28.6. The molecule has 0 aromatic carbocycles. The van der Waals surface area contributed by atoms with Crippen molar-refractivity contribution in [2.45, 2.75) is 99.3 Å². The van der Waals surface area contributed by atoms with Crippen LogP contribution >= 0.6 is 11.8 Å². The molecule has 5 rings (SSSR count). The quantitative estimate of drug-likeness (QED) is 0.210. The third-order valence-corrected chi connectivity index (χ3v) is 15.2. The van der Waals surface area contributed by atoms with Gasteiger partial charge in [0, 0.05) is 22.8 Å². The van der Waals surface area contributed by atoms with E-state index in [1.165, 1.54) is 24.8 Å². The van der Waals surface area contributed by atoms with Crippen LogP contribution in [0.3, 0.4) is 0 Å². The van der Waals surface area contributed by atoms with Gasteiger partial charge in [-0.05, 0) is 111 Å². The average molecular weight is 559 g/mol. The molecule has 0 saturated heterocycles.